The lowest BCUT2D eigenvalue weighted by Gasteiger charge is -2.30. The molecule has 5 heteroatoms. The number of rotatable bonds is 1. The molecule has 1 unspecified atom stereocenters. The Labute approximate surface area is 125 Å². The summed E-state index contributed by atoms with van der Waals surface area (Å²) in [5, 5.41) is 10.8. The van der Waals surface area contributed by atoms with Gasteiger partial charge < -0.3 is 9.84 Å². The fourth-order valence-electron chi connectivity index (χ4n) is 2.33. The molecule has 0 aliphatic carbocycles. The van der Waals surface area contributed by atoms with Crippen molar-refractivity contribution in [2.24, 2.45) is 0 Å². The van der Waals surface area contributed by atoms with Crippen LogP contribution in [0.2, 0.25) is 10.0 Å². The lowest BCUT2D eigenvalue weighted by atomic mass is 9.95. The minimum atomic E-state index is -0.693. The molecule has 3 rings (SSSR count). The first-order valence-electron chi connectivity index (χ1n) is 6.13. The van der Waals surface area contributed by atoms with Crippen LogP contribution in [0.25, 0.3) is 0 Å². The quantitative estimate of drug-likeness (QED) is 0.827. The average Bonchev–Trinajstić information content (AvgIpc) is 2.42. The van der Waals surface area contributed by atoms with Gasteiger partial charge in [-0.25, -0.2) is 4.39 Å². The van der Waals surface area contributed by atoms with Gasteiger partial charge in [-0.15, -0.1) is 0 Å². The van der Waals surface area contributed by atoms with Gasteiger partial charge in [0.2, 0.25) is 0 Å². The van der Waals surface area contributed by atoms with Crippen molar-refractivity contribution in [2.75, 3.05) is 0 Å². The summed E-state index contributed by atoms with van der Waals surface area (Å²) in [6, 6.07) is 9.60. The molecular formula is C15H11Cl2FO2. The van der Waals surface area contributed by atoms with E-state index in [4.69, 9.17) is 27.9 Å². The first-order chi connectivity index (χ1) is 9.54. The van der Waals surface area contributed by atoms with Gasteiger partial charge in [-0.05, 0) is 35.9 Å². The number of ether oxygens (including phenoxy) is 1. The van der Waals surface area contributed by atoms with E-state index in [1.54, 1.807) is 24.3 Å². The highest BCUT2D eigenvalue weighted by Gasteiger charge is 2.28. The van der Waals surface area contributed by atoms with E-state index in [0.29, 0.717) is 28.3 Å². The minimum absolute atomic E-state index is 0.0669. The molecule has 0 spiro atoms. The van der Waals surface area contributed by atoms with Crippen LogP contribution in [-0.4, -0.2) is 5.11 Å². The van der Waals surface area contributed by atoms with E-state index in [1.807, 2.05) is 0 Å². The largest absolute Gasteiger partial charge is 0.485 e. The molecule has 0 fully saturated rings. The first kappa shape index (κ1) is 13.7. The van der Waals surface area contributed by atoms with Crippen LogP contribution >= 0.6 is 23.2 Å². The third-order valence-corrected chi connectivity index (χ3v) is 3.89. The van der Waals surface area contributed by atoms with E-state index in [0.717, 1.165) is 0 Å². The number of halogens is 3. The highest BCUT2D eigenvalue weighted by Crippen LogP contribution is 2.42. The predicted octanol–water partition coefficient (Wildman–Crippen LogP) is 4.69. The summed E-state index contributed by atoms with van der Waals surface area (Å²) in [5.74, 6) is 0.0673. The zero-order valence-electron chi connectivity index (χ0n) is 10.3. The smallest absolute Gasteiger partial charge is 0.142 e. The Kier molecular flexibility index (Phi) is 3.59. The maximum Gasteiger partial charge on any atom is 0.142 e. The van der Waals surface area contributed by atoms with Crippen molar-refractivity contribution in [3.63, 3.8) is 0 Å². The predicted molar refractivity (Wildman–Crippen MR) is 75.8 cm³/mol. The fourth-order valence-corrected chi connectivity index (χ4v) is 2.63. The van der Waals surface area contributed by atoms with Crippen LogP contribution in [0.5, 0.6) is 5.75 Å². The van der Waals surface area contributed by atoms with Crippen molar-refractivity contribution in [3.8, 4) is 5.75 Å². The first-order valence-corrected chi connectivity index (χ1v) is 6.89. The number of aliphatic hydroxyl groups is 1. The lowest BCUT2D eigenvalue weighted by molar-refractivity contribution is 0.0656. The van der Waals surface area contributed by atoms with Crippen molar-refractivity contribution in [1.29, 1.82) is 0 Å². The van der Waals surface area contributed by atoms with Crippen LogP contribution in [-0.2, 0) is 0 Å². The molecule has 2 aromatic rings. The van der Waals surface area contributed by atoms with Crippen molar-refractivity contribution in [3.05, 3.63) is 63.4 Å². The van der Waals surface area contributed by atoms with Gasteiger partial charge in [-0.2, -0.15) is 0 Å². The summed E-state index contributed by atoms with van der Waals surface area (Å²) in [4.78, 5) is 0. The maximum absolute atomic E-state index is 13.5. The lowest BCUT2D eigenvalue weighted by Crippen LogP contribution is -2.19. The zero-order valence-corrected chi connectivity index (χ0v) is 11.8. The van der Waals surface area contributed by atoms with Gasteiger partial charge in [-0.1, -0.05) is 29.3 Å². The van der Waals surface area contributed by atoms with E-state index < -0.39 is 18.0 Å². The summed E-state index contributed by atoms with van der Waals surface area (Å²) in [7, 11) is 0. The molecular weight excluding hydrogens is 302 g/mol. The Balaban J connectivity index is 1.94. The minimum Gasteiger partial charge on any atom is -0.485 e. The van der Waals surface area contributed by atoms with Crippen molar-refractivity contribution in [1.82, 2.24) is 0 Å². The zero-order chi connectivity index (χ0) is 14.3. The molecule has 1 aliphatic heterocycles. The van der Waals surface area contributed by atoms with Gasteiger partial charge in [0.05, 0.1) is 11.1 Å². The number of benzene rings is 2. The second kappa shape index (κ2) is 5.24. The van der Waals surface area contributed by atoms with Gasteiger partial charge in [0.15, 0.2) is 0 Å². The average molecular weight is 313 g/mol. The summed E-state index contributed by atoms with van der Waals surface area (Å²) in [6.07, 6.45) is -0.763. The monoisotopic (exact) mass is 312 g/mol. The molecule has 2 atom stereocenters. The van der Waals surface area contributed by atoms with Crippen LogP contribution in [0.4, 0.5) is 4.39 Å². The SMILES string of the molecule is O[C@@H]1CC(c2ccc(Cl)c(F)c2)Oc2ccc(Cl)cc21. The molecule has 2 aromatic carbocycles. The topological polar surface area (TPSA) is 29.5 Å². The summed E-state index contributed by atoms with van der Waals surface area (Å²) in [6.45, 7) is 0. The molecule has 0 aromatic heterocycles. The second-order valence-corrected chi connectivity index (χ2v) is 5.56. The van der Waals surface area contributed by atoms with Gasteiger partial charge in [0.1, 0.15) is 17.7 Å². The Bertz CT molecular complexity index is 660. The second-order valence-electron chi connectivity index (χ2n) is 4.71. The van der Waals surface area contributed by atoms with Crippen molar-refractivity contribution < 1.29 is 14.2 Å². The van der Waals surface area contributed by atoms with E-state index in [2.05, 4.69) is 0 Å². The van der Waals surface area contributed by atoms with E-state index >= 15 is 0 Å². The highest BCUT2D eigenvalue weighted by atomic mass is 35.5. The van der Waals surface area contributed by atoms with Crippen LogP contribution in [0.1, 0.15) is 29.8 Å². The van der Waals surface area contributed by atoms with Crippen LogP contribution in [0.15, 0.2) is 36.4 Å². The number of aliphatic hydroxyl groups excluding tert-OH is 1. The number of hydrogen-bond donors (Lipinski definition) is 1. The molecule has 0 saturated heterocycles. The molecule has 1 aliphatic rings. The highest BCUT2D eigenvalue weighted by molar-refractivity contribution is 6.31. The van der Waals surface area contributed by atoms with Gasteiger partial charge in [-0.3, -0.25) is 0 Å². The normalized spacial score (nSPS) is 21.2. The Morgan fingerprint density at radius 3 is 2.70 bits per heavy atom. The van der Waals surface area contributed by atoms with Crippen LogP contribution < -0.4 is 4.74 Å². The van der Waals surface area contributed by atoms with Crippen LogP contribution in [0, 0.1) is 5.82 Å². The van der Waals surface area contributed by atoms with Gasteiger partial charge >= 0.3 is 0 Å². The van der Waals surface area contributed by atoms with Gasteiger partial charge in [0, 0.05) is 17.0 Å². The Morgan fingerprint density at radius 2 is 1.95 bits per heavy atom. The third kappa shape index (κ3) is 2.49. The summed E-state index contributed by atoms with van der Waals surface area (Å²) < 4.78 is 19.3. The van der Waals surface area contributed by atoms with E-state index in [1.165, 1.54) is 12.1 Å². The summed E-state index contributed by atoms with van der Waals surface area (Å²) in [5.41, 5.74) is 1.30. The molecule has 0 amide bonds. The van der Waals surface area contributed by atoms with E-state index in [9.17, 15) is 9.50 Å². The number of fused-ring (bicyclic) bond motifs is 1. The Morgan fingerprint density at radius 1 is 1.15 bits per heavy atom. The van der Waals surface area contributed by atoms with Gasteiger partial charge in [0.25, 0.3) is 0 Å². The Hall–Kier alpha value is -1.29. The molecule has 1 N–H and O–H groups in total. The molecule has 104 valence electrons. The maximum atomic E-state index is 13.5. The third-order valence-electron chi connectivity index (χ3n) is 3.35. The fraction of sp³-hybridized carbons (Fsp3) is 0.200. The number of hydrogen-bond acceptors (Lipinski definition) is 2. The van der Waals surface area contributed by atoms with Crippen molar-refractivity contribution >= 4 is 23.2 Å². The molecule has 1 heterocycles. The summed E-state index contributed by atoms with van der Waals surface area (Å²) >= 11 is 11.6. The molecule has 0 bridgehead atoms. The van der Waals surface area contributed by atoms with Crippen molar-refractivity contribution in [2.45, 2.75) is 18.6 Å². The van der Waals surface area contributed by atoms with Crippen LogP contribution in [0.3, 0.4) is 0 Å². The standard InChI is InChI=1S/C15H11Cl2FO2/c16-9-2-4-14-10(6-9)13(19)7-15(20-14)8-1-3-11(17)12(18)5-8/h1-6,13,15,19H,7H2/t13-,15?/m1/s1. The molecule has 0 saturated carbocycles. The molecule has 0 radical (unpaired) electrons. The molecule has 20 heavy (non-hydrogen) atoms. The molecule has 2 nitrogen and oxygen atoms in total. The van der Waals surface area contributed by atoms with E-state index in [-0.39, 0.29) is 5.02 Å².